The highest BCUT2D eigenvalue weighted by Gasteiger charge is 2.77. The molecule has 1 N–H and O–H groups in total. The summed E-state index contributed by atoms with van der Waals surface area (Å²) in [5, 5.41) is 12.5. The summed E-state index contributed by atoms with van der Waals surface area (Å²) in [4.78, 5) is 40.8. The van der Waals surface area contributed by atoms with Crippen LogP contribution in [0.2, 0.25) is 5.15 Å². The van der Waals surface area contributed by atoms with E-state index in [1.165, 1.54) is 11.0 Å². The van der Waals surface area contributed by atoms with Gasteiger partial charge in [0.2, 0.25) is 17.7 Å². The number of nitrogens with zero attached hydrogens (tertiary/aromatic N) is 4. The quantitative estimate of drug-likeness (QED) is 0.309. The standard InChI is InChI=1S/C27H23ClN4O5/c1-14-30-20(28)12-21(31-14)36-11-10-27-13-19(33)26(2,37-27)22-23(27)25(35)32(24(22)34)18-9-8-17(29-3)15-6-4-5-7-16(15)18/h4-9,12,19,22-23,33H,10-11,13H2,1-2H3/t19-,22-,23+,26?,27?/m1/s1. The van der Waals surface area contributed by atoms with Crippen molar-refractivity contribution in [1.29, 1.82) is 0 Å². The highest BCUT2D eigenvalue weighted by atomic mass is 35.5. The monoisotopic (exact) mass is 518 g/mol. The minimum absolute atomic E-state index is 0.142. The molecule has 0 aliphatic carbocycles. The van der Waals surface area contributed by atoms with Gasteiger partial charge in [-0.2, -0.15) is 4.98 Å². The Labute approximate surface area is 217 Å². The topological polar surface area (TPSA) is 106 Å². The Morgan fingerprint density at radius 1 is 1.19 bits per heavy atom. The van der Waals surface area contributed by atoms with Crippen LogP contribution in [0.25, 0.3) is 15.6 Å². The summed E-state index contributed by atoms with van der Waals surface area (Å²) < 4.78 is 12.2. The summed E-state index contributed by atoms with van der Waals surface area (Å²) in [7, 11) is 0. The first-order chi connectivity index (χ1) is 17.7. The van der Waals surface area contributed by atoms with Crippen LogP contribution < -0.4 is 9.64 Å². The number of amides is 2. The Morgan fingerprint density at radius 3 is 2.65 bits per heavy atom. The lowest BCUT2D eigenvalue weighted by Gasteiger charge is -2.33. The van der Waals surface area contributed by atoms with Gasteiger partial charge in [-0.25, -0.2) is 14.7 Å². The minimum atomic E-state index is -1.20. The predicted octanol–water partition coefficient (Wildman–Crippen LogP) is 4.01. The molecule has 188 valence electrons. The average Bonchev–Trinajstić information content (AvgIpc) is 3.39. The normalized spacial score (nSPS) is 30.1. The lowest BCUT2D eigenvalue weighted by Crippen LogP contribution is -2.49. The molecule has 10 heteroatoms. The number of aryl methyl sites for hydroxylation is 1. The zero-order valence-electron chi connectivity index (χ0n) is 20.1. The van der Waals surface area contributed by atoms with E-state index >= 15 is 0 Å². The summed E-state index contributed by atoms with van der Waals surface area (Å²) in [6.07, 6.45) is -0.435. The molecular formula is C27H23ClN4O5. The second-order valence-corrected chi connectivity index (χ2v) is 10.4. The van der Waals surface area contributed by atoms with Crippen LogP contribution in [0.1, 0.15) is 25.6 Å². The van der Waals surface area contributed by atoms with Crippen molar-refractivity contribution < 1.29 is 24.2 Å². The predicted molar refractivity (Wildman–Crippen MR) is 134 cm³/mol. The Morgan fingerprint density at radius 2 is 1.92 bits per heavy atom. The van der Waals surface area contributed by atoms with Gasteiger partial charge < -0.3 is 14.6 Å². The number of aliphatic hydroxyl groups is 1. The van der Waals surface area contributed by atoms with Crippen molar-refractivity contribution in [2.75, 3.05) is 11.5 Å². The number of hydrogen-bond acceptors (Lipinski definition) is 7. The van der Waals surface area contributed by atoms with Crippen LogP contribution in [0, 0.1) is 25.3 Å². The smallest absolute Gasteiger partial charge is 0.240 e. The Balaban J connectivity index is 1.35. The third-order valence-electron chi connectivity index (χ3n) is 7.91. The fourth-order valence-electron chi connectivity index (χ4n) is 6.33. The van der Waals surface area contributed by atoms with Gasteiger partial charge in [0, 0.05) is 18.9 Å². The molecule has 3 aromatic rings. The molecule has 3 fully saturated rings. The number of fused-ring (bicyclic) bond motifs is 6. The maximum Gasteiger partial charge on any atom is 0.240 e. The number of benzene rings is 2. The molecule has 2 unspecified atom stereocenters. The molecule has 9 nitrogen and oxygen atoms in total. The zero-order chi connectivity index (χ0) is 26.1. The molecular weight excluding hydrogens is 496 g/mol. The van der Waals surface area contributed by atoms with Crippen molar-refractivity contribution >= 4 is 45.6 Å². The Kier molecular flexibility index (Phi) is 5.28. The van der Waals surface area contributed by atoms with Gasteiger partial charge in [-0.3, -0.25) is 9.59 Å². The first kappa shape index (κ1) is 23.8. The van der Waals surface area contributed by atoms with E-state index in [9.17, 15) is 14.7 Å². The molecule has 1 aromatic heterocycles. The lowest BCUT2D eigenvalue weighted by molar-refractivity contribution is -0.134. The van der Waals surface area contributed by atoms with Gasteiger partial charge in [-0.15, -0.1) is 0 Å². The lowest BCUT2D eigenvalue weighted by atomic mass is 9.66. The molecule has 3 aliphatic rings. The number of imide groups is 1. The van der Waals surface area contributed by atoms with E-state index in [0.717, 1.165) is 0 Å². The Bertz CT molecular complexity index is 1500. The van der Waals surface area contributed by atoms with Crippen molar-refractivity contribution in [3.8, 4) is 5.88 Å². The maximum absolute atomic E-state index is 14.0. The van der Waals surface area contributed by atoms with Crippen LogP contribution in [0.4, 0.5) is 11.4 Å². The molecule has 0 radical (unpaired) electrons. The third kappa shape index (κ3) is 3.37. The SMILES string of the molecule is [C-]#[N+]c1ccc(N2C(=O)[C@@H]3[C@H](C2=O)C2(C)OC3(CCOc3cc(Cl)nc(C)n3)C[C@H]2O)c2ccccc12. The molecule has 3 saturated heterocycles. The number of aliphatic hydroxyl groups excluding tert-OH is 1. The van der Waals surface area contributed by atoms with Crippen LogP contribution in [-0.4, -0.2) is 50.8 Å². The number of rotatable bonds is 5. The van der Waals surface area contributed by atoms with E-state index in [-0.39, 0.29) is 30.5 Å². The van der Waals surface area contributed by atoms with E-state index in [0.29, 0.717) is 33.9 Å². The van der Waals surface area contributed by atoms with Gasteiger partial charge in [-0.05, 0) is 30.7 Å². The number of carbonyl (C=O) groups excluding carboxylic acids is 2. The van der Waals surface area contributed by atoms with Gasteiger partial charge in [0.1, 0.15) is 16.6 Å². The minimum Gasteiger partial charge on any atom is -0.477 e. The maximum atomic E-state index is 14.0. The molecule has 6 rings (SSSR count). The van der Waals surface area contributed by atoms with Crippen LogP contribution in [-0.2, 0) is 14.3 Å². The number of aromatic nitrogens is 2. The molecule has 2 bridgehead atoms. The molecule has 5 atom stereocenters. The van der Waals surface area contributed by atoms with E-state index in [1.807, 2.05) is 12.1 Å². The van der Waals surface area contributed by atoms with Crippen molar-refractivity contribution in [2.45, 2.75) is 44.0 Å². The van der Waals surface area contributed by atoms with Gasteiger partial charge >= 0.3 is 0 Å². The average molecular weight is 519 g/mol. The Hall–Kier alpha value is -3.58. The van der Waals surface area contributed by atoms with Gasteiger partial charge in [0.25, 0.3) is 0 Å². The number of carbonyl (C=O) groups is 2. The summed E-state index contributed by atoms with van der Waals surface area (Å²) in [5.74, 6) is -1.62. The van der Waals surface area contributed by atoms with Crippen molar-refractivity contribution in [3.05, 3.63) is 64.9 Å². The van der Waals surface area contributed by atoms with Gasteiger partial charge in [0.05, 0.1) is 42.4 Å². The van der Waals surface area contributed by atoms with Crippen LogP contribution in [0.3, 0.4) is 0 Å². The summed E-state index contributed by atoms with van der Waals surface area (Å²) >= 11 is 6.00. The highest BCUT2D eigenvalue weighted by molar-refractivity contribution is 6.29. The van der Waals surface area contributed by atoms with Crippen LogP contribution in [0.15, 0.2) is 42.5 Å². The van der Waals surface area contributed by atoms with Gasteiger partial charge in [0.15, 0.2) is 5.69 Å². The number of hydrogen-bond donors (Lipinski definition) is 1. The van der Waals surface area contributed by atoms with Crippen molar-refractivity contribution in [1.82, 2.24) is 9.97 Å². The first-order valence-corrected chi connectivity index (χ1v) is 12.4. The molecule has 0 saturated carbocycles. The summed E-state index contributed by atoms with van der Waals surface area (Å²) in [6.45, 7) is 11.0. The number of anilines is 1. The molecule has 0 spiro atoms. The third-order valence-corrected chi connectivity index (χ3v) is 8.11. The fraction of sp³-hybridized carbons (Fsp3) is 0.370. The summed E-state index contributed by atoms with van der Waals surface area (Å²) in [5.41, 5.74) is -1.40. The first-order valence-electron chi connectivity index (χ1n) is 12.0. The largest absolute Gasteiger partial charge is 0.477 e. The van der Waals surface area contributed by atoms with Crippen molar-refractivity contribution in [3.63, 3.8) is 0 Å². The second-order valence-electron chi connectivity index (χ2n) is 9.97. The molecule has 3 aliphatic heterocycles. The van der Waals surface area contributed by atoms with E-state index in [1.54, 1.807) is 38.1 Å². The number of ether oxygens (including phenoxy) is 2. The molecule has 2 amide bonds. The van der Waals surface area contributed by atoms with Crippen LogP contribution >= 0.6 is 11.6 Å². The van der Waals surface area contributed by atoms with E-state index in [2.05, 4.69) is 14.8 Å². The van der Waals surface area contributed by atoms with Gasteiger partial charge in [-0.1, -0.05) is 41.9 Å². The zero-order valence-corrected chi connectivity index (χ0v) is 20.9. The summed E-state index contributed by atoms with van der Waals surface area (Å²) in [6, 6.07) is 12.0. The molecule has 4 heterocycles. The van der Waals surface area contributed by atoms with E-state index < -0.39 is 35.0 Å². The second kappa shape index (κ2) is 8.21. The number of halogens is 1. The highest BCUT2D eigenvalue weighted by Crippen LogP contribution is 2.62. The molecule has 2 aromatic carbocycles. The fourth-order valence-corrected chi connectivity index (χ4v) is 6.54. The van der Waals surface area contributed by atoms with Crippen molar-refractivity contribution in [2.24, 2.45) is 11.8 Å². The molecule has 37 heavy (non-hydrogen) atoms. The van der Waals surface area contributed by atoms with E-state index in [4.69, 9.17) is 27.6 Å². The van der Waals surface area contributed by atoms with Crippen LogP contribution in [0.5, 0.6) is 5.88 Å².